The molecular formula is C18H25N3OS2. The van der Waals surface area contributed by atoms with E-state index in [1.807, 2.05) is 37.6 Å². The van der Waals surface area contributed by atoms with Crippen LogP contribution in [0.4, 0.5) is 5.69 Å². The number of anilines is 1. The highest BCUT2D eigenvalue weighted by Gasteiger charge is 2.18. The normalized spacial score (nSPS) is 15.9. The quantitative estimate of drug-likeness (QED) is 0.433. The van der Waals surface area contributed by atoms with Crippen LogP contribution in [-0.4, -0.2) is 40.7 Å². The van der Waals surface area contributed by atoms with Crippen LogP contribution in [0.3, 0.4) is 0 Å². The Morgan fingerprint density at radius 3 is 2.50 bits per heavy atom. The van der Waals surface area contributed by atoms with Crippen LogP contribution in [0.15, 0.2) is 28.8 Å². The minimum Gasteiger partial charge on any atom is -0.369 e. The molecule has 3 rings (SSSR count). The molecule has 1 aliphatic heterocycles. The Balaban J connectivity index is 1.39. The molecule has 1 saturated heterocycles. The Bertz CT molecular complexity index is 647. The molecule has 0 spiro atoms. The van der Waals surface area contributed by atoms with Crippen molar-refractivity contribution >= 4 is 29.4 Å². The number of piperazine rings is 1. The fourth-order valence-electron chi connectivity index (χ4n) is 2.94. The van der Waals surface area contributed by atoms with Crippen LogP contribution in [0.2, 0.25) is 0 Å². The van der Waals surface area contributed by atoms with Gasteiger partial charge in [0.05, 0.1) is 10.8 Å². The first-order chi connectivity index (χ1) is 11.6. The number of aryl methyl sites for hydroxylation is 3. The molecule has 2 aromatic rings. The number of thioether (sulfide) groups is 1. The lowest BCUT2D eigenvalue weighted by molar-refractivity contribution is 0.392. The van der Waals surface area contributed by atoms with Gasteiger partial charge in [0.15, 0.2) is 0 Å². The van der Waals surface area contributed by atoms with Crippen molar-refractivity contribution in [3.05, 3.63) is 46.8 Å². The average molecular weight is 364 g/mol. The highest BCUT2D eigenvalue weighted by molar-refractivity contribution is 8.14. The Morgan fingerprint density at radius 2 is 1.83 bits per heavy atom. The van der Waals surface area contributed by atoms with Gasteiger partial charge in [-0.05, 0) is 32.4 Å². The first-order valence-electron chi connectivity index (χ1n) is 8.33. The third-order valence-electron chi connectivity index (χ3n) is 4.44. The topological polar surface area (TPSA) is 32.5 Å². The number of nitrogens with zero attached hydrogens (tertiary/aromatic N) is 3. The Kier molecular flexibility index (Phi) is 6.14. The van der Waals surface area contributed by atoms with E-state index in [1.54, 1.807) is 0 Å². The minimum atomic E-state index is 0.955. The predicted octanol–water partition coefficient (Wildman–Crippen LogP) is 4.26. The monoisotopic (exact) mass is 363 g/mol. The second kappa shape index (κ2) is 8.32. The van der Waals surface area contributed by atoms with Gasteiger partial charge >= 0.3 is 0 Å². The van der Waals surface area contributed by atoms with Crippen molar-refractivity contribution in [3.8, 4) is 0 Å². The number of rotatable bonds is 6. The number of benzene rings is 1. The smallest absolute Gasteiger partial charge is 0.137 e. The van der Waals surface area contributed by atoms with Gasteiger partial charge in [-0.25, -0.2) is 4.31 Å². The van der Waals surface area contributed by atoms with Crippen LogP contribution < -0.4 is 4.90 Å². The van der Waals surface area contributed by atoms with Crippen molar-refractivity contribution in [1.29, 1.82) is 0 Å². The van der Waals surface area contributed by atoms with Gasteiger partial charge in [0, 0.05) is 43.2 Å². The molecule has 6 heteroatoms. The van der Waals surface area contributed by atoms with Crippen LogP contribution in [0.5, 0.6) is 0 Å². The molecule has 1 fully saturated rings. The molecule has 24 heavy (non-hydrogen) atoms. The first-order valence-corrected chi connectivity index (χ1v) is 10.4. The van der Waals surface area contributed by atoms with E-state index >= 15 is 0 Å². The van der Waals surface area contributed by atoms with E-state index in [0.29, 0.717) is 0 Å². The van der Waals surface area contributed by atoms with Crippen molar-refractivity contribution in [3.63, 3.8) is 0 Å². The minimum absolute atomic E-state index is 0.955. The summed E-state index contributed by atoms with van der Waals surface area (Å²) in [6.07, 6.45) is 0. The van der Waals surface area contributed by atoms with Crippen LogP contribution in [0, 0.1) is 20.8 Å². The van der Waals surface area contributed by atoms with E-state index in [9.17, 15) is 0 Å². The second-order valence-electron chi connectivity index (χ2n) is 6.10. The Morgan fingerprint density at radius 1 is 1.08 bits per heavy atom. The largest absolute Gasteiger partial charge is 0.369 e. The summed E-state index contributed by atoms with van der Waals surface area (Å²) < 4.78 is 7.71. The maximum Gasteiger partial charge on any atom is 0.137 e. The molecule has 0 N–H and O–H groups in total. The average Bonchev–Trinajstić information content (AvgIpc) is 2.91. The van der Waals surface area contributed by atoms with Gasteiger partial charge in [-0.3, -0.25) is 0 Å². The van der Waals surface area contributed by atoms with Crippen LogP contribution in [0.1, 0.15) is 22.6 Å². The first kappa shape index (κ1) is 17.7. The SMILES string of the molecule is Cc1ccccc1N1CCN(SCSCc2c(C)noc2C)CC1. The van der Waals surface area contributed by atoms with E-state index in [-0.39, 0.29) is 0 Å². The molecular weight excluding hydrogens is 338 g/mol. The standard InChI is InChI=1S/C18H25N3OS2/c1-14-6-4-5-7-18(14)20-8-10-21(11-9-20)24-13-23-12-17-15(2)19-22-16(17)3/h4-7H,8-13H2,1-3H3. The number of aromatic nitrogens is 1. The van der Waals surface area contributed by atoms with Gasteiger partial charge in [0.2, 0.25) is 0 Å². The molecule has 1 aromatic heterocycles. The molecule has 0 aliphatic carbocycles. The van der Waals surface area contributed by atoms with E-state index in [1.165, 1.54) is 16.8 Å². The molecule has 0 amide bonds. The lowest BCUT2D eigenvalue weighted by Gasteiger charge is -2.36. The maximum absolute atomic E-state index is 5.22. The van der Waals surface area contributed by atoms with Crippen LogP contribution >= 0.6 is 23.7 Å². The van der Waals surface area contributed by atoms with Gasteiger partial charge in [-0.1, -0.05) is 35.3 Å². The van der Waals surface area contributed by atoms with E-state index in [0.717, 1.165) is 48.5 Å². The fourth-order valence-corrected chi connectivity index (χ4v) is 5.21. The highest BCUT2D eigenvalue weighted by atomic mass is 32.2. The van der Waals surface area contributed by atoms with Crippen LogP contribution in [-0.2, 0) is 5.75 Å². The third kappa shape index (κ3) is 4.29. The van der Waals surface area contributed by atoms with E-state index in [2.05, 4.69) is 45.6 Å². The molecule has 4 nitrogen and oxygen atoms in total. The van der Waals surface area contributed by atoms with E-state index < -0.39 is 0 Å². The molecule has 1 aliphatic rings. The summed E-state index contributed by atoms with van der Waals surface area (Å²) >= 11 is 3.89. The molecule has 2 heterocycles. The van der Waals surface area contributed by atoms with Crippen LogP contribution in [0.25, 0.3) is 0 Å². The van der Waals surface area contributed by atoms with Gasteiger partial charge in [0.1, 0.15) is 5.76 Å². The van der Waals surface area contributed by atoms with Crippen molar-refractivity contribution in [2.45, 2.75) is 26.5 Å². The lowest BCUT2D eigenvalue weighted by atomic mass is 10.1. The molecule has 0 saturated carbocycles. The molecule has 1 aromatic carbocycles. The summed E-state index contributed by atoms with van der Waals surface area (Å²) in [5.41, 5.74) is 5.03. The fraction of sp³-hybridized carbons (Fsp3) is 0.500. The summed E-state index contributed by atoms with van der Waals surface area (Å²) in [7, 11) is 0. The lowest BCUT2D eigenvalue weighted by Crippen LogP contribution is -2.43. The van der Waals surface area contributed by atoms with Crippen molar-refractivity contribution in [2.75, 3.05) is 36.2 Å². The summed E-state index contributed by atoms with van der Waals surface area (Å²) in [4.78, 5) is 2.50. The Labute approximate surface area is 153 Å². The van der Waals surface area contributed by atoms with Crippen molar-refractivity contribution in [2.24, 2.45) is 0 Å². The van der Waals surface area contributed by atoms with E-state index in [4.69, 9.17) is 4.52 Å². The molecule has 0 bridgehead atoms. The number of hydrogen-bond donors (Lipinski definition) is 0. The van der Waals surface area contributed by atoms with Gasteiger partial charge < -0.3 is 9.42 Å². The van der Waals surface area contributed by atoms with Gasteiger partial charge in [-0.15, -0.1) is 11.8 Å². The van der Waals surface area contributed by atoms with Crippen molar-refractivity contribution < 1.29 is 4.52 Å². The predicted molar refractivity (Wildman–Crippen MR) is 105 cm³/mol. The molecule has 130 valence electrons. The zero-order chi connectivity index (χ0) is 16.9. The number of para-hydroxylation sites is 1. The summed E-state index contributed by atoms with van der Waals surface area (Å²) in [5, 5.41) is 5.10. The second-order valence-corrected chi connectivity index (χ2v) is 8.52. The third-order valence-corrected chi connectivity index (χ3v) is 6.75. The zero-order valence-electron chi connectivity index (χ0n) is 14.6. The van der Waals surface area contributed by atoms with Gasteiger partial charge in [-0.2, -0.15) is 0 Å². The summed E-state index contributed by atoms with van der Waals surface area (Å²) in [6, 6.07) is 8.68. The molecule has 0 unspecified atom stereocenters. The summed E-state index contributed by atoms with van der Waals surface area (Å²) in [5.74, 6) is 1.94. The zero-order valence-corrected chi connectivity index (χ0v) is 16.3. The molecule has 0 radical (unpaired) electrons. The Hall–Kier alpha value is -1.11. The highest BCUT2D eigenvalue weighted by Crippen LogP contribution is 2.26. The van der Waals surface area contributed by atoms with Gasteiger partial charge in [0.25, 0.3) is 0 Å². The summed E-state index contributed by atoms with van der Waals surface area (Å²) in [6.45, 7) is 10.6. The van der Waals surface area contributed by atoms with Crippen molar-refractivity contribution in [1.82, 2.24) is 9.46 Å². The maximum atomic E-state index is 5.22. The number of hydrogen-bond acceptors (Lipinski definition) is 6. The molecule has 0 atom stereocenters.